The van der Waals surface area contributed by atoms with Crippen molar-refractivity contribution in [1.29, 1.82) is 0 Å². The molecule has 1 saturated heterocycles. The molecule has 162 valence electrons. The van der Waals surface area contributed by atoms with Gasteiger partial charge in [-0.25, -0.2) is 23.1 Å². The van der Waals surface area contributed by atoms with Gasteiger partial charge in [-0.15, -0.1) is 0 Å². The van der Waals surface area contributed by atoms with Crippen molar-refractivity contribution < 1.29 is 13.2 Å². The Morgan fingerprint density at radius 1 is 1.16 bits per heavy atom. The maximum absolute atomic E-state index is 13.2. The number of hydrogen-bond donors (Lipinski definition) is 1. The molecule has 0 atom stereocenters. The molecule has 1 N–H and O–H groups in total. The minimum Gasteiger partial charge on any atom is -0.344 e. The first kappa shape index (κ1) is 20.3. The van der Waals surface area contributed by atoms with E-state index in [1.54, 1.807) is 34.6 Å². The molecule has 0 spiro atoms. The van der Waals surface area contributed by atoms with Gasteiger partial charge in [0, 0.05) is 44.0 Å². The number of carbonyl (C=O) groups excluding carboxylic acids is 1. The highest BCUT2D eigenvalue weighted by Crippen LogP contribution is 2.28. The predicted octanol–water partition coefficient (Wildman–Crippen LogP) is 2.40. The van der Waals surface area contributed by atoms with Gasteiger partial charge in [0.25, 0.3) is 5.91 Å². The number of amides is 1. The number of piperazine rings is 1. The third kappa shape index (κ3) is 4.15. The Hall–Kier alpha value is -2.56. The molecule has 1 aliphatic heterocycles. The van der Waals surface area contributed by atoms with Crippen LogP contribution in [0.3, 0.4) is 0 Å². The fourth-order valence-corrected chi connectivity index (χ4v) is 5.94. The zero-order valence-corrected chi connectivity index (χ0v) is 18.7. The van der Waals surface area contributed by atoms with Crippen LogP contribution < -0.4 is 9.62 Å². The van der Waals surface area contributed by atoms with Crippen LogP contribution in [0.25, 0.3) is 10.3 Å². The number of pyridine rings is 1. The third-order valence-corrected chi connectivity index (χ3v) is 8.20. The van der Waals surface area contributed by atoms with Crippen molar-refractivity contribution >= 4 is 42.7 Å². The number of carbonyl (C=O) groups is 1. The number of anilines is 1. The molecule has 2 aliphatic rings. The van der Waals surface area contributed by atoms with Gasteiger partial charge in [-0.3, -0.25) is 4.79 Å². The van der Waals surface area contributed by atoms with Crippen LogP contribution in [-0.4, -0.2) is 61.4 Å². The fourth-order valence-electron chi connectivity index (χ4n) is 3.65. The van der Waals surface area contributed by atoms with E-state index in [1.165, 1.54) is 6.07 Å². The normalized spacial score (nSPS) is 17.3. The van der Waals surface area contributed by atoms with Crippen molar-refractivity contribution in [2.75, 3.05) is 31.1 Å². The van der Waals surface area contributed by atoms with Gasteiger partial charge in [0.2, 0.25) is 10.0 Å². The lowest BCUT2D eigenvalue weighted by Crippen LogP contribution is -2.49. The number of benzene rings is 1. The number of hydrogen-bond acceptors (Lipinski definition) is 7. The number of sulfonamides is 1. The van der Waals surface area contributed by atoms with Gasteiger partial charge in [-0.1, -0.05) is 17.4 Å². The zero-order chi connectivity index (χ0) is 21.6. The van der Waals surface area contributed by atoms with Gasteiger partial charge < -0.3 is 9.80 Å². The molecule has 3 aromatic rings. The minimum absolute atomic E-state index is 0.0243. The summed E-state index contributed by atoms with van der Waals surface area (Å²) in [4.78, 5) is 27.2. The highest BCUT2D eigenvalue weighted by Gasteiger charge is 2.30. The number of rotatable bonds is 5. The lowest BCUT2D eigenvalue weighted by molar-refractivity contribution is 0.0746. The zero-order valence-electron chi connectivity index (χ0n) is 17.1. The van der Waals surface area contributed by atoms with E-state index >= 15 is 0 Å². The summed E-state index contributed by atoms with van der Waals surface area (Å²) in [7, 11) is -3.60. The molecule has 2 fully saturated rings. The van der Waals surface area contributed by atoms with Crippen LogP contribution in [0.4, 0.5) is 5.13 Å². The standard InChI is InChI=1S/C21H23N5O3S2/c1-14-4-7-16(31(28,29)24-15-5-6-15)13-17(14)20(27)25-9-11-26(12-10-25)21-23-18-3-2-8-22-19(18)30-21/h2-4,7-8,13,15,24H,5-6,9-12H2,1H3. The smallest absolute Gasteiger partial charge is 0.254 e. The first-order chi connectivity index (χ1) is 14.9. The second kappa shape index (κ2) is 7.85. The van der Waals surface area contributed by atoms with Crippen LogP contribution >= 0.6 is 11.3 Å². The van der Waals surface area contributed by atoms with E-state index in [4.69, 9.17) is 0 Å². The van der Waals surface area contributed by atoms with Crippen molar-refractivity contribution in [2.45, 2.75) is 30.7 Å². The maximum Gasteiger partial charge on any atom is 0.254 e. The van der Waals surface area contributed by atoms with E-state index in [2.05, 4.69) is 19.6 Å². The molecule has 0 unspecified atom stereocenters. The summed E-state index contributed by atoms with van der Waals surface area (Å²) in [5.41, 5.74) is 2.10. The van der Waals surface area contributed by atoms with E-state index in [0.29, 0.717) is 31.7 Å². The quantitative estimate of drug-likeness (QED) is 0.632. The van der Waals surface area contributed by atoms with Crippen molar-refractivity contribution in [3.63, 3.8) is 0 Å². The van der Waals surface area contributed by atoms with Crippen LogP contribution in [0.5, 0.6) is 0 Å². The molecule has 1 aliphatic carbocycles. The summed E-state index contributed by atoms with van der Waals surface area (Å²) in [6.45, 7) is 4.29. The second-order valence-electron chi connectivity index (χ2n) is 7.98. The SMILES string of the molecule is Cc1ccc(S(=O)(=O)NC2CC2)cc1C(=O)N1CCN(c2nc3cccnc3s2)CC1. The number of fused-ring (bicyclic) bond motifs is 1. The average Bonchev–Trinajstić information content (AvgIpc) is 3.46. The van der Waals surface area contributed by atoms with E-state index in [1.807, 2.05) is 19.1 Å². The Bertz CT molecular complexity index is 1210. The maximum atomic E-state index is 13.2. The Labute approximate surface area is 185 Å². The van der Waals surface area contributed by atoms with Gasteiger partial charge in [-0.05, 0) is 49.6 Å². The lowest BCUT2D eigenvalue weighted by Gasteiger charge is -2.34. The second-order valence-corrected chi connectivity index (χ2v) is 10.6. The summed E-state index contributed by atoms with van der Waals surface area (Å²) in [5.74, 6) is -0.133. The van der Waals surface area contributed by atoms with Crippen LogP contribution in [0.2, 0.25) is 0 Å². The fraction of sp³-hybridized carbons (Fsp3) is 0.381. The van der Waals surface area contributed by atoms with Crippen LogP contribution in [0, 0.1) is 6.92 Å². The molecule has 10 heteroatoms. The van der Waals surface area contributed by atoms with Gasteiger partial charge in [0.1, 0.15) is 10.3 Å². The number of aryl methyl sites for hydroxylation is 1. The number of nitrogens with zero attached hydrogens (tertiary/aromatic N) is 4. The molecule has 31 heavy (non-hydrogen) atoms. The van der Waals surface area contributed by atoms with Crippen LogP contribution in [-0.2, 0) is 10.0 Å². The molecule has 1 aromatic carbocycles. The Morgan fingerprint density at radius 2 is 1.94 bits per heavy atom. The predicted molar refractivity (Wildman–Crippen MR) is 120 cm³/mol. The van der Waals surface area contributed by atoms with Crippen molar-refractivity contribution in [3.8, 4) is 0 Å². The van der Waals surface area contributed by atoms with Crippen molar-refractivity contribution in [2.24, 2.45) is 0 Å². The molecule has 0 bridgehead atoms. The Kier molecular flexibility index (Phi) is 5.15. The lowest BCUT2D eigenvalue weighted by atomic mass is 10.1. The minimum atomic E-state index is -3.60. The Morgan fingerprint density at radius 3 is 2.65 bits per heavy atom. The number of aromatic nitrogens is 2. The number of nitrogens with one attached hydrogen (secondary N) is 1. The number of thiazole rings is 1. The molecule has 1 saturated carbocycles. The van der Waals surface area contributed by atoms with E-state index < -0.39 is 10.0 Å². The van der Waals surface area contributed by atoms with E-state index in [0.717, 1.165) is 33.9 Å². The Balaban J connectivity index is 1.30. The molecular formula is C21H23N5O3S2. The molecule has 3 heterocycles. The van der Waals surface area contributed by atoms with Crippen LogP contribution in [0.15, 0.2) is 41.4 Å². The first-order valence-electron chi connectivity index (χ1n) is 10.3. The van der Waals surface area contributed by atoms with Gasteiger partial charge in [0.05, 0.1) is 4.90 Å². The summed E-state index contributed by atoms with van der Waals surface area (Å²) in [5, 5.41) is 0.913. The first-order valence-corrected chi connectivity index (χ1v) is 12.6. The molecule has 2 aromatic heterocycles. The van der Waals surface area contributed by atoms with Crippen LogP contribution in [0.1, 0.15) is 28.8 Å². The highest BCUT2D eigenvalue weighted by atomic mass is 32.2. The monoisotopic (exact) mass is 457 g/mol. The van der Waals surface area contributed by atoms with E-state index in [-0.39, 0.29) is 16.8 Å². The van der Waals surface area contributed by atoms with Gasteiger partial charge in [-0.2, -0.15) is 0 Å². The molecule has 8 nitrogen and oxygen atoms in total. The molecule has 5 rings (SSSR count). The highest BCUT2D eigenvalue weighted by molar-refractivity contribution is 7.89. The largest absolute Gasteiger partial charge is 0.344 e. The summed E-state index contributed by atoms with van der Waals surface area (Å²) in [6, 6.07) is 8.63. The molecule has 0 radical (unpaired) electrons. The average molecular weight is 458 g/mol. The topological polar surface area (TPSA) is 95.5 Å². The van der Waals surface area contributed by atoms with Crippen molar-refractivity contribution in [3.05, 3.63) is 47.7 Å². The summed E-state index contributed by atoms with van der Waals surface area (Å²) >= 11 is 1.55. The third-order valence-electron chi connectivity index (χ3n) is 5.64. The summed E-state index contributed by atoms with van der Waals surface area (Å²) in [6.07, 6.45) is 3.50. The summed E-state index contributed by atoms with van der Waals surface area (Å²) < 4.78 is 27.8. The van der Waals surface area contributed by atoms with Crippen molar-refractivity contribution in [1.82, 2.24) is 19.6 Å². The van der Waals surface area contributed by atoms with Gasteiger partial charge in [0.15, 0.2) is 5.13 Å². The van der Waals surface area contributed by atoms with Gasteiger partial charge >= 0.3 is 0 Å². The molecule has 1 amide bonds. The molecular weight excluding hydrogens is 434 g/mol. The van der Waals surface area contributed by atoms with E-state index in [9.17, 15) is 13.2 Å².